The van der Waals surface area contributed by atoms with Gasteiger partial charge in [0.2, 0.25) is 0 Å². The smallest absolute Gasteiger partial charge is 0.0465 e. The van der Waals surface area contributed by atoms with Crippen molar-refractivity contribution in [3.8, 4) is 0 Å². The van der Waals surface area contributed by atoms with E-state index < -0.39 is 0 Å². The molecule has 7 heavy (non-hydrogen) atoms. The predicted octanol–water partition coefficient (Wildman–Crippen LogP) is 1.33. The Kier molecular flexibility index (Phi) is 5.46. The summed E-state index contributed by atoms with van der Waals surface area (Å²) in [5, 5.41) is 8.24. The zero-order valence-electron chi connectivity index (χ0n) is 4.72. The second-order valence-electron chi connectivity index (χ2n) is 1.39. The average Bonchev–Trinajstić information content (AvgIpc) is 1.69. The van der Waals surface area contributed by atoms with Crippen molar-refractivity contribution in [2.45, 2.75) is 19.8 Å². The lowest BCUT2D eigenvalue weighted by Gasteiger charge is -1.79. The van der Waals surface area contributed by atoms with Gasteiger partial charge in [-0.1, -0.05) is 19.1 Å². The van der Waals surface area contributed by atoms with Gasteiger partial charge in [0.1, 0.15) is 0 Å². The van der Waals surface area contributed by atoms with E-state index in [1.165, 1.54) is 0 Å². The molecule has 0 aliphatic rings. The summed E-state index contributed by atoms with van der Waals surface area (Å²) >= 11 is 0. The van der Waals surface area contributed by atoms with Crippen molar-refractivity contribution in [2.24, 2.45) is 0 Å². The molecule has 0 rings (SSSR count). The molecule has 0 unspecified atom stereocenters. The highest BCUT2D eigenvalue weighted by Crippen LogP contribution is 1.82. The maximum atomic E-state index is 8.24. The molecule has 0 saturated heterocycles. The van der Waals surface area contributed by atoms with Gasteiger partial charge in [0.05, 0.1) is 0 Å². The molecule has 42 valence electrons. The highest BCUT2D eigenvalue weighted by molar-refractivity contribution is 4.79. The van der Waals surface area contributed by atoms with E-state index in [0.717, 1.165) is 12.8 Å². The Bertz CT molecular complexity index is 48.1. The van der Waals surface area contributed by atoms with Gasteiger partial charge in [0.25, 0.3) is 0 Å². The number of hydrogen-bond acceptors (Lipinski definition) is 1. The van der Waals surface area contributed by atoms with E-state index in [4.69, 9.17) is 5.11 Å². The first-order chi connectivity index (χ1) is 3.41. The average molecular weight is 100 g/mol. The van der Waals surface area contributed by atoms with E-state index in [0.29, 0.717) is 0 Å². The summed E-state index contributed by atoms with van der Waals surface area (Å²) in [5.41, 5.74) is 0. The molecule has 0 bridgehead atoms. The molecule has 0 spiro atoms. The van der Waals surface area contributed by atoms with E-state index in [1.54, 1.807) is 0 Å². The molecule has 1 N–H and O–H groups in total. The molecular weight excluding hydrogens is 88.1 g/mol. The SMILES string of the molecule is CC/C=C/CCO. The van der Waals surface area contributed by atoms with Crippen LogP contribution in [0.15, 0.2) is 12.2 Å². The first-order valence-corrected chi connectivity index (χ1v) is 2.67. The fourth-order valence-electron chi connectivity index (χ4n) is 0.359. The zero-order valence-corrected chi connectivity index (χ0v) is 4.72. The molecule has 0 radical (unpaired) electrons. The van der Waals surface area contributed by atoms with Gasteiger partial charge in [-0.05, 0) is 12.8 Å². The number of hydrogen-bond donors (Lipinski definition) is 1. The molecule has 0 fully saturated rings. The molecule has 0 aliphatic carbocycles. The summed E-state index contributed by atoms with van der Waals surface area (Å²) < 4.78 is 0. The molecule has 0 aromatic heterocycles. The van der Waals surface area contributed by atoms with E-state index >= 15 is 0 Å². The van der Waals surface area contributed by atoms with Crippen LogP contribution in [0, 0.1) is 0 Å². The molecule has 1 heteroatoms. The van der Waals surface area contributed by atoms with Crippen molar-refractivity contribution in [3.05, 3.63) is 12.2 Å². The lowest BCUT2D eigenvalue weighted by Crippen LogP contribution is -1.73. The van der Waals surface area contributed by atoms with Gasteiger partial charge in [-0.3, -0.25) is 0 Å². The third kappa shape index (κ3) is 5.70. The Balaban J connectivity index is 2.78. The molecule has 0 saturated carbocycles. The minimum absolute atomic E-state index is 0.274. The molecular formula is C6H12O. The molecule has 0 atom stereocenters. The van der Waals surface area contributed by atoms with E-state index in [1.807, 2.05) is 6.08 Å². The van der Waals surface area contributed by atoms with Crippen molar-refractivity contribution in [3.63, 3.8) is 0 Å². The van der Waals surface area contributed by atoms with Crippen LogP contribution in [0.2, 0.25) is 0 Å². The van der Waals surface area contributed by atoms with Crippen LogP contribution < -0.4 is 0 Å². The number of allylic oxidation sites excluding steroid dienone is 1. The lowest BCUT2D eigenvalue weighted by molar-refractivity contribution is 0.302. The van der Waals surface area contributed by atoms with Crippen LogP contribution >= 0.6 is 0 Å². The summed E-state index contributed by atoms with van der Waals surface area (Å²) in [6.07, 6.45) is 5.91. The fourth-order valence-corrected chi connectivity index (χ4v) is 0.359. The Morgan fingerprint density at radius 1 is 1.43 bits per heavy atom. The van der Waals surface area contributed by atoms with Gasteiger partial charge in [0, 0.05) is 6.61 Å². The lowest BCUT2D eigenvalue weighted by atomic mass is 10.3. The third-order valence-electron chi connectivity index (χ3n) is 0.698. The summed E-state index contributed by atoms with van der Waals surface area (Å²) in [6, 6.07) is 0. The number of aliphatic hydroxyl groups is 1. The molecule has 0 heterocycles. The van der Waals surface area contributed by atoms with Crippen LogP contribution in [-0.4, -0.2) is 11.7 Å². The summed E-state index contributed by atoms with van der Waals surface area (Å²) in [4.78, 5) is 0. The van der Waals surface area contributed by atoms with Crippen molar-refractivity contribution in [1.29, 1.82) is 0 Å². The Morgan fingerprint density at radius 2 is 2.14 bits per heavy atom. The zero-order chi connectivity index (χ0) is 5.54. The van der Waals surface area contributed by atoms with E-state index in [2.05, 4.69) is 13.0 Å². The predicted molar refractivity (Wildman–Crippen MR) is 31.1 cm³/mol. The van der Waals surface area contributed by atoms with Crippen LogP contribution in [-0.2, 0) is 0 Å². The van der Waals surface area contributed by atoms with Crippen molar-refractivity contribution < 1.29 is 5.11 Å². The van der Waals surface area contributed by atoms with Gasteiger partial charge in [-0.2, -0.15) is 0 Å². The summed E-state index contributed by atoms with van der Waals surface area (Å²) in [5.74, 6) is 0. The molecule has 1 nitrogen and oxygen atoms in total. The van der Waals surface area contributed by atoms with Crippen LogP contribution in [0.25, 0.3) is 0 Å². The van der Waals surface area contributed by atoms with Crippen LogP contribution in [0.5, 0.6) is 0 Å². The van der Waals surface area contributed by atoms with Gasteiger partial charge in [-0.25, -0.2) is 0 Å². The van der Waals surface area contributed by atoms with Crippen molar-refractivity contribution in [2.75, 3.05) is 6.61 Å². The monoisotopic (exact) mass is 100 g/mol. The van der Waals surface area contributed by atoms with Gasteiger partial charge in [0.15, 0.2) is 0 Å². The number of rotatable bonds is 3. The van der Waals surface area contributed by atoms with Gasteiger partial charge in [-0.15, -0.1) is 0 Å². The normalized spacial score (nSPS) is 10.6. The largest absolute Gasteiger partial charge is 0.396 e. The maximum absolute atomic E-state index is 8.24. The van der Waals surface area contributed by atoms with E-state index in [-0.39, 0.29) is 6.61 Å². The molecule has 0 aromatic rings. The quantitative estimate of drug-likeness (QED) is 0.530. The van der Waals surface area contributed by atoms with Crippen LogP contribution in [0.3, 0.4) is 0 Å². The summed E-state index contributed by atoms with van der Waals surface area (Å²) in [7, 11) is 0. The molecule has 0 aliphatic heterocycles. The minimum Gasteiger partial charge on any atom is -0.396 e. The van der Waals surface area contributed by atoms with Crippen LogP contribution in [0.1, 0.15) is 19.8 Å². The van der Waals surface area contributed by atoms with Crippen LogP contribution in [0.4, 0.5) is 0 Å². The Hall–Kier alpha value is -0.300. The minimum atomic E-state index is 0.274. The van der Waals surface area contributed by atoms with Crippen molar-refractivity contribution in [1.82, 2.24) is 0 Å². The first kappa shape index (κ1) is 6.70. The Labute approximate surface area is 44.7 Å². The number of aliphatic hydroxyl groups excluding tert-OH is 1. The topological polar surface area (TPSA) is 20.2 Å². The standard InChI is InChI=1S/C6H12O/c1-2-3-4-5-6-7/h3-4,7H,2,5-6H2,1H3/b4-3+. The maximum Gasteiger partial charge on any atom is 0.0465 e. The highest BCUT2D eigenvalue weighted by atomic mass is 16.2. The van der Waals surface area contributed by atoms with E-state index in [9.17, 15) is 0 Å². The second-order valence-corrected chi connectivity index (χ2v) is 1.39. The van der Waals surface area contributed by atoms with Gasteiger partial charge < -0.3 is 5.11 Å². The Morgan fingerprint density at radius 3 is 2.57 bits per heavy atom. The highest BCUT2D eigenvalue weighted by Gasteiger charge is 1.68. The molecule has 0 amide bonds. The first-order valence-electron chi connectivity index (χ1n) is 2.67. The second kappa shape index (κ2) is 5.70. The molecule has 0 aromatic carbocycles. The third-order valence-corrected chi connectivity index (χ3v) is 0.698. The van der Waals surface area contributed by atoms with Gasteiger partial charge >= 0.3 is 0 Å². The fraction of sp³-hybridized carbons (Fsp3) is 0.667. The summed E-state index contributed by atoms with van der Waals surface area (Å²) in [6.45, 7) is 2.35. The van der Waals surface area contributed by atoms with Crippen molar-refractivity contribution >= 4 is 0 Å².